The molecule has 21 heavy (non-hydrogen) atoms. The molecule has 3 nitrogen and oxygen atoms in total. The number of rotatable bonds is 5. The molecular weight excluding hydrogens is 298 g/mol. The van der Waals surface area contributed by atoms with Gasteiger partial charge in [0.15, 0.2) is 11.6 Å². The third-order valence-corrected chi connectivity index (χ3v) is 3.81. The Labute approximate surface area is 129 Å². The molecule has 1 saturated heterocycles. The van der Waals surface area contributed by atoms with Crippen molar-refractivity contribution in [2.45, 2.75) is 25.7 Å². The van der Waals surface area contributed by atoms with E-state index in [9.17, 15) is 13.6 Å². The second-order valence-corrected chi connectivity index (χ2v) is 5.33. The molecule has 1 unspecified atom stereocenters. The van der Waals surface area contributed by atoms with Gasteiger partial charge in [-0.1, -0.05) is 6.07 Å². The molecule has 1 fully saturated rings. The van der Waals surface area contributed by atoms with E-state index in [-0.39, 0.29) is 18.3 Å². The predicted octanol–water partition coefficient (Wildman–Crippen LogP) is 2.52. The third-order valence-electron chi connectivity index (χ3n) is 3.81. The predicted molar refractivity (Wildman–Crippen MR) is 80.3 cm³/mol. The monoisotopic (exact) mass is 318 g/mol. The maximum atomic E-state index is 13.0. The molecule has 1 amide bonds. The van der Waals surface area contributed by atoms with E-state index < -0.39 is 11.6 Å². The number of amides is 1. The molecule has 1 aromatic carbocycles. The van der Waals surface area contributed by atoms with Crippen LogP contribution >= 0.6 is 12.4 Å². The van der Waals surface area contributed by atoms with E-state index in [0.717, 1.165) is 31.1 Å². The lowest BCUT2D eigenvalue weighted by molar-refractivity contribution is -0.130. The summed E-state index contributed by atoms with van der Waals surface area (Å²) in [6.45, 7) is 2.16. The Morgan fingerprint density at radius 3 is 2.71 bits per heavy atom. The van der Waals surface area contributed by atoms with Gasteiger partial charge in [0.2, 0.25) is 5.91 Å². The maximum Gasteiger partial charge on any atom is 0.222 e. The molecule has 2 rings (SSSR count). The summed E-state index contributed by atoms with van der Waals surface area (Å²) < 4.78 is 25.8. The molecule has 1 heterocycles. The average molecular weight is 319 g/mol. The van der Waals surface area contributed by atoms with E-state index in [4.69, 9.17) is 5.73 Å². The number of nitrogens with two attached hydrogens (primary N) is 1. The van der Waals surface area contributed by atoms with Crippen molar-refractivity contribution in [3.63, 3.8) is 0 Å². The molecule has 118 valence electrons. The largest absolute Gasteiger partial charge is 0.342 e. The van der Waals surface area contributed by atoms with Gasteiger partial charge in [0.25, 0.3) is 0 Å². The van der Waals surface area contributed by atoms with E-state index >= 15 is 0 Å². The fourth-order valence-electron chi connectivity index (χ4n) is 2.55. The van der Waals surface area contributed by atoms with Crippen LogP contribution in [0.25, 0.3) is 0 Å². The quantitative estimate of drug-likeness (QED) is 0.906. The minimum absolute atomic E-state index is 0. The van der Waals surface area contributed by atoms with Gasteiger partial charge < -0.3 is 10.6 Å². The van der Waals surface area contributed by atoms with Crippen molar-refractivity contribution in [2.75, 3.05) is 19.6 Å². The molecule has 6 heteroatoms. The van der Waals surface area contributed by atoms with Crippen LogP contribution in [0.15, 0.2) is 18.2 Å². The number of halogens is 3. The summed E-state index contributed by atoms with van der Waals surface area (Å²) in [5.41, 5.74) is 6.31. The van der Waals surface area contributed by atoms with E-state index in [1.807, 2.05) is 4.90 Å². The van der Waals surface area contributed by atoms with Gasteiger partial charge in [0.05, 0.1) is 0 Å². The highest BCUT2D eigenvalue weighted by molar-refractivity contribution is 5.85. The molecule has 0 radical (unpaired) electrons. The van der Waals surface area contributed by atoms with Crippen LogP contribution in [0.4, 0.5) is 8.78 Å². The summed E-state index contributed by atoms with van der Waals surface area (Å²) in [6, 6.07) is 3.88. The molecule has 1 aliphatic heterocycles. The second kappa shape index (κ2) is 8.29. The van der Waals surface area contributed by atoms with Gasteiger partial charge in [0.1, 0.15) is 0 Å². The van der Waals surface area contributed by atoms with E-state index in [1.165, 1.54) is 6.07 Å². The first kappa shape index (κ1) is 17.9. The van der Waals surface area contributed by atoms with Crippen LogP contribution in [-0.2, 0) is 11.2 Å². The van der Waals surface area contributed by atoms with Crippen LogP contribution in [-0.4, -0.2) is 30.4 Å². The smallest absolute Gasteiger partial charge is 0.222 e. The molecule has 0 bridgehead atoms. The Balaban J connectivity index is 0.00000220. The third kappa shape index (κ3) is 4.93. The highest BCUT2D eigenvalue weighted by Gasteiger charge is 2.24. The standard InChI is InChI=1S/C15H20F2N2O.ClH/c16-13-5-4-11(8-14(13)17)2-1-3-15(20)19-7-6-12(9-18)10-19;/h4-5,8,12H,1-3,6-7,9-10,18H2;1H. The lowest BCUT2D eigenvalue weighted by atomic mass is 10.1. The van der Waals surface area contributed by atoms with Gasteiger partial charge in [-0.3, -0.25) is 4.79 Å². The first-order valence-electron chi connectivity index (χ1n) is 7.02. The van der Waals surface area contributed by atoms with Crippen molar-refractivity contribution in [3.05, 3.63) is 35.4 Å². The zero-order valence-electron chi connectivity index (χ0n) is 11.9. The summed E-state index contributed by atoms with van der Waals surface area (Å²) in [4.78, 5) is 13.8. The van der Waals surface area contributed by atoms with Gasteiger partial charge in [-0.15, -0.1) is 12.4 Å². The van der Waals surface area contributed by atoms with Gasteiger partial charge >= 0.3 is 0 Å². The summed E-state index contributed by atoms with van der Waals surface area (Å²) in [7, 11) is 0. The second-order valence-electron chi connectivity index (χ2n) is 5.33. The average Bonchev–Trinajstić information content (AvgIpc) is 2.91. The van der Waals surface area contributed by atoms with Crippen molar-refractivity contribution in [1.29, 1.82) is 0 Å². The Bertz CT molecular complexity index is 485. The molecule has 1 aromatic rings. The number of nitrogens with zero attached hydrogens (tertiary/aromatic N) is 1. The number of aryl methyl sites for hydroxylation is 1. The van der Waals surface area contributed by atoms with E-state index in [1.54, 1.807) is 6.07 Å². The van der Waals surface area contributed by atoms with E-state index in [2.05, 4.69) is 0 Å². The van der Waals surface area contributed by atoms with Crippen molar-refractivity contribution >= 4 is 18.3 Å². The minimum atomic E-state index is -0.838. The highest BCUT2D eigenvalue weighted by atomic mass is 35.5. The Hall–Kier alpha value is -1.20. The van der Waals surface area contributed by atoms with E-state index in [0.29, 0.717) is 31.7 Å². The van der Waals surface area contributed by atoms with Crippen molar-refractivity contribution in [3.8, 4) is 0 Å². The van der Waals surface area contributed by atoms with Gasteiger partial charge in [-0.25, -0.2) is 8.78 Å². The Morgan fingerprint density at radius 2 is 2.10 bits per heavy atom. The maximum absolute atomic E-state index is 13.0. The van der Waals surface area contributed by atoms with Gasteiger partial charge in [-0.2, -0.15) is 0 Å². The SMILES string of the molecule is Cl.NCC1CCN(C(=O)CCCc2ccc(F)c(F)c2)C1. The topological polar surface area (TPSA) is 46.3 Å². The molecule has 0 spiro atoms. The molecular formula is C15H21ClF2N2O. The Morgan fingerprint density at radius 1 is 1.33 bits per heavy atom. The lowest BCUT2D eigenvalue weighted by Gasteiger charge is -2.16. The zero-order chi connectivity index (χ0) is 14.5. The van der Waals surface area contributed by atoms with Crippen LogP contribution in [0, 0.1) is 17.6 Å². The van der Waals surface area contributed by atoms with Crippen LogP contribution in [0.1, 0.15) is 24.8 Å². The fourth-order valence-corrected chi connectivity index (χ4v) is 2.55. The Kier molecular flexibility index (Phi) is 7.05. The lowest BCUT2D eigenvalue weighted by Crippen LogP contribution is -2.29. The summed E-state index contributed by atoms with van der Waals surface area (Å²) in [6.07, 6.45) is 2.65. The van der Waals surface area contributed by atoms with Crippen molar-refractivity contribution in [1.82, 2.24) is 4.90 Å². The summed E-state index contributed by atoms with van der Waals surface area (Å²) in [5, 5.41) is 0. The zero-order valence-corrected chi connectivity index (χ0v) is 12.7. The first-order valence-corrected chi connectivity index (χ1v) is 7.02. The van der Waals surface area contributed by atoms with Crippen LogP contribution in [0.2, 0.25) is 0 Å². The van der Waals surface area contributed by atoms with Crippen LogP contribution in [0.5, 0.6) is 0 Å². The number of hydrogen-bond acceptors (Lipinski definition) is 2. The number of hydrogen-bond donors (Lipinski definition) is 1. The van der Waals surface area contributed by atoms with Crippen molar-refractivity contribution in [2.24, 2.45) is 11.7 Å². The minimum Gasteiger partial charge on any atom is -0.342 e. The molecule has 1 aliphatic rings. The normalized spacial score (nSPS) is 17.7. The fraction of sp³-hybridized carbons (Fsp3) is 0.533. The molecule has 0 aliphatic carbocycles. The van der Waals surface area contributed by atoms with Gasteiger partial charge in [-0.05, 0) is 49.4 Å². The molecule has 1 atom stereocenters. The number of benzene rings is 1. The van der Waals surface area contributed by atoms with Crippen LogP contribution in [0.3, 0.4) is 0 Å². The molecule has 0 saturated carbocycles. The van der Waals surface area contributed by atoms with Crippen molar-refractivity contribution < 1.29 is 13.6 Å². The summed E-state index contributed by atoms with van der Waals surface area (Å²) >= 11 is 0. The molecule has 0 aromatic heterocycles. The molecule has 2 N–H and O–H groups in total. The van der Waals surface area contributed by atoms with Gasteiger partial charge in [0, 0.05) is 19.5 Å². The first-order chi connectivity index (χ1) is 9.60. The number of carbonyl (C=O) groups excluding carboxylic acids is 1. The summed E-state index contributed by atoms with van der Waals surface area (Å²) in [5.74, 6) is -1.12. The van der Waals surface area contributed by atoms with Crippen LogP contribution < -0.4 is 5.73 Å². The highest BCUT2D eigenvalue weighted by Crippen LogP contribution is 2.17. The number of likely N-dealkylation sites (tertiary alicyclic amines) is 1. The number of carbonyl (C=O) groups is 1.